The lowest BCUT2D eigenvalue weighted by atomic mass is 10.0. The molecule has 0 bridgehead atoms. The Labute approximate surface area is 173 Å². The largest absolute Gasteiger partial charge is 0.497 e. The molecule has 0 aliphatic rings. The van der Waals surface area contributed by atoms with E-state index in [0.717, 1.165) is 32.1 Å². The first-order chi connectivity index (χ1) is 14.1. The molecule has 6 heteroatoms. The molecule has 0 amide bonds. The van der Waals surface area contributed by atoms with Gasteiger partial charge >= 0.3 is 0 Å². The number of hydrogen-bond acceptors (Lipinski definition) is 5. The van der Waals surface area contributed by atoms with E-state index >= 15 is 0 Å². The van der Waals surface area contributed by atoms with Crippen LogP contribution in [-0.2, 0) is 11.3 Å². The normalized spacial score (nSPS) is 11.1. The lowest BCUT2D eigenvalue weighted by Crippen LogP contribution is -2.25. The molecule has 5 nitrogen and oxygen atoms in total. The summed E-state index contributed by atoms with van der Waals surface area (Å²) in [5.74, 6) is 1.42. The van der Waals surface area contributed by atoms with Gasteiger partial charge in [0.05, 0.1) is 25.6 Å². The Hall–Kier alpha value is -2.96. The zero-order valence-electron chi connectivity index (χ0n) is 16.6. The number of benzene rings is 2. The Morgan fingerprint density at radius 1 is 1.03 bits per heavy atom. The molecule has 0 saturated carbocycles. The molecule has 0 N–H and O–H groups in total. The van der Waals surface area contributed by atoms with Crippen LogP contribution in [0.25, 0.3) is 32.7 Å². The van der Waals surface area contributed by atoms with Gasteiger partial charge in [-0.1, -0.05) is 42.5 Å². The first-order valence-corrected chi connectivity index (χ1v) is 10.2. The summed E-state index contributed by atoms with van der Waals surface area (Å²) in [6, 6.07) is 17.6. The number of rotatable bonds is 6. The predicted molar refractivity (Wildman–Crippen MR) is 118 cm³/mol. The SMILES string of the molecule is COCCn1c(-c2ccccc2)nc2sc(C)c(-c3cccc(OC)c3)c2c1=O. The Morgan fingerprint density at radius 3 is 2.52 bits per heavy atom. The maximum atomic E-state index is 13.6. The fourth-order valence-electron chi connectivity index (χ4n) is 3.52. The highest BCUT2D eigenvalue weighted by Crippen LogP contribution is 2.37. The molecule has 0 aliphatic carbocycles. The number of methoxy groups -OCH3 is 2. The van der Waals surface area contributed by atoms with Gasteiger partial charge < -0.3 is 9.47 Å². The van der Waals surface area contributed by atoms with Crippen LogP contribution in [-0.4, -0.2) is 30.4 Å². The fourth-order valence-corrected chi connectivity index (χ4v) is 4.55. The van der Waals surface area contributed by atoms with Crippen LogP contribution in [0.2, 0.25) is 0 Å². The predicted octanol–water partition coefficient (Wildman–Crippen LogP) is 4.76. The van der Waals surface area contributed by atoms with Crippen molar-refractivity contribution in [3.63, 3.8) is 0 Å². The van der Waals surface area contributed by atoms with Crippen molar-refractivity contribution in [3.8, 4) is 28.3 Å². The second-order valence-corrected chi connectivity index (χ2v) is 7.90. The third-order valence-corrected chi connectivity index (χ3v) is 5.90. The minimum atomic E-state index is -0.0481. The van der Waals surface area contributed by atoms with E-state index in [0.29, 0.717) is 24.4 Å². The zero-order valence-corrected chi connectivity index (χ0v) is 17.5. The van der Waals surface area contributed by atoms with Gasteiger partial charge in [0.25, 0.3) is 5.56 Å². The molecule has 0 spiro atoms. The maximum absolute atomic E-state index is 13.6. The van der Waals surface area contributed by atoms with Gasteiger partial charge in [-0.15, -0.1) is 11.3 Å². The number of fused-ring (bicyclic) bond motifs is 1. The van der Waals surface area contributed by atoms with E-state index in [4.69, 9.17) is 14.5 Å². The van der Waals surface area contributed by atoms with Crippen molar-refractivity contribution in [3.05, 3.63) is 69.8 Å². The molecule has 0 saturated heterocycles. The number of hydrogen-bond donors (Lipinski definition) is 0. The average Bonchev–Trinajstić information content (AvgIpc) is 3.09. The molecule has 0 aliphatic heterocycles. The second kappa shape index (κ2) is 8.19. The Kier molecular flexibility index (Phi) is 5.47. The molecule has 0 fully saturated rings. The number of aryl methyl sites for hydroxylation is 1. The number of nitrogens with zero attached hydrogens (tertiary/aromatic N) is 2. The topological polar surface area (TPSA) is 53.4 Å². The van der Waals surface area contributed by atoms with Crippen molar-refractivity contribution in [1.82, 2.24) is 9.55 Å². The van der Waals surface area contributed by atoms with Crippen molar-refractivity contribution in [2.45, 2.75) is 13.5 Å². The van der Waals surface area contributed by atoms with Gasteiger partial charge in [-0.05, 0) is 24.6 Å². The van der Waals surface area contributed by atoms with Crippen LogP contribution in [0.15, 0.2) is 59.4 Å². The van der Waals surface area contributed by atoms with Gasteiger partial charge in [0.1, 0.15) is 16.4 Å². The van der Waals surface area contributed by atoms with Gasteiger partial charge in [0.2, 0.25) is 0 Å². The quantitative estimate of drug-likeness (QED) is 0.463. The number of ether oxygens (including phenoxy) is 2. The maximum Gasteiger partial charge on any atom is 0.263 e. The minimum absolute atomic E-state index is 0.0481. The van der Waals surface area contributed by atoms with E-state index in [1.54, 1.807) is 30.1 Å². The molecule has 2 aromatic carbocycles. The van der Waals surface area contributed by atoms with E-state index in [1.807, 2.05) is 61.5 Å². The van der Waals surface area contributed by atoms with E-state index < -0.39 is 0 Å². The molecule has 2 heterocycles. The standard InChI is InChI=1S/C23H22N2O3S/c1-15-19(17-10-7-11-18(14-17)28-3)20-22(29-15)24-21(16-8-5-4-6-9-16)25(23(20)26)12-13-27-2/h4-11,14H,12-13H2,1-3H3. The van der Waals surface area contributed by atoms with Gasteiger partial charge in [-0.25, -0.2) is 4.98 Å². The van der Waals surface area contributed by atoms with E-state index in [-0.39, 0.29) is 5.56 Å². The Morgan fingerprint density at radius 2 is 1.79 bits per heavy atom. The zero-order chi connectivity index (χ0) is 20.4. The second-order valence-electron chi connectivity index (χ2n) is 6.70. The van der Waals surface area contributed by atoms with Crippen molar-refractivity contribution in [2.24, 2.45) is 0 Å². The summed E-state index contributed by atoms with van der Waals surface area (Å²) < 4.78 is 12.3. The van der Waals surface area contributed by atoms with Gasteiger partial charge in [0, 0.05) is 23.1 Å². The summed E-state index contributed by atoms with van der Waals surface area (Å²) in [5.41, 5.74) is 2.74. The summed E-state index contributed by atoms with van der Waals surface area (Å²) in [6.07, 6.45) is 0. The molecule has 2 aromatic heterocycles. The molecule has 0 unspecified atom stereocenters. The summed E-state index contributed by atoms with van der Waals surface area (Å²) in [6.45, 7) is 2.90. The Balaban J connectivity index is 2.01. The number of aromatic nitrogens is 2. The lowest BCUT2D eigenvalue weighted by molar-refractivity contribution is 0.186. The molecule has 0 atom stereocenters. The average molecular weight is 407 g/mol. The number of thiophene rings is 1. The van der Waals surface area contributed by atoms with Crippen LogP contribution in [0.1, 0.15) is 4.88 Å². The summed E-state index contributed by atoms with van der Waals surface area (Å²) in [5, 5.41) is 0.650. The van der Waals surface area contributed by atoms with Crippen LogP contribution >= 0.6 is 11.3 Å². The van der Waals surface area contributed by atoms with Gasteiger partial charge in [-0.3, -0.25) is 9.36 Å². The van der Waals surface area contributed by atoms with Crippen molar-refractivity contribution < 1.29 is 9.47 Å². The molecule has 0 radical (unpaired) electrons. The molecule has 4 rings (SSSR count). The van der Waals surface area contributed by atoms with Crippen molar-refractivity contribution in [1.29, 1.82) is 0 Å². The smallest absolute Gasteiger partial charge is 0.263 e. The van der Waals surface area contributed by atoms with Crippen LogP contribution in [0.5, 0.6) is 5.75 Å². The molecule has 4 aromatic rings. The molecular formula is C23H22N2O3S. The molecule has 148 valence electrons. The molecular weight excluding hydrogens is 384 g/mol. The van der Waals surface area contributed by atoms with E-state index in [2.05, 4.69) is 0 Å². The lowest BCUT2D eigenvalue weighted by Gasteiger charge is -2.13. The van der Waals surface area contributed by atoms with E-state index in [1.165, 1.54) is 0 Å². The summed E-state index contributed by atoms with van der Waals surface area (Å²) >= 11 is 1.55. The van der Waals surface area contributed by atoms with Crippen molar-refractivity contribution in [2.75, 3.05) is 20.8 Å². The van der Waals surface area contributed by atoms with Gasteiger partial charge in [0.15, 0.2) is 0 Å². The van der Waals surface area contributed by atoms with Gasteiger partial charge in [-0.2, -0.15) is 0 Å². The molecule has 29 heavy (non-hydrogen) atoms. The highest BCUT2D eigenvalue weighted by molar-refractivity contribution is 7.19. The van der Waals surface area contributed by atoms with Crippen LogP contribution < -0.4 is 10.3 Å². The first-order valence-electron chi connectivity index (χ1n) is 9.36. The first kappa shape index (κ1) is 19.4. The highest BCUT2D eigenvalue weighted by atomic mass is 32.1. The van der Waals surface area contributed by atoms with Crippen molar-refractivity contribution >= 4 is 21.6 Å². The fraction of sp³-hybridized carbons (Fsp3) is 0.217. The summed E-state index contributed by atoms with van der Waals surface area (Å²) in [7, 11) is 3.28. The highest BCUT2D eigenvalue weighted by Gasteiger charge is 2.20. The Bertz CT molecular complexity index is 1210. The van der Waals surface area contributed by atoms with E-state index in [9.17, 15) is 4.79 Å². The summed E-state index contributed by atoms with van der Waals surface area (Å²) in [4.78, 5) is 20.3. The third kappa shape index (κ3) is 3.57. The third-order valence-electron chi connectivity index (χ3n) is 4.90. The van der Waals surface area contributed by atoms with Crippen LogP contribution in [0, 0.1) is 6.92 Å². The van der Waals surface area contributed by atoms with Crippen LogP contribution in [0.3, 0.4) is 0 Å². The van der Waals surface area contributed by atoms with Crippen LogP contribution in [0.4, 0.5) is 0 Å². The monoisotopic (exact) mass is 406 g/mol. The minimum Gasteiger partial charge on any atom is -0.497 e.